The average Bonchev–Trinajstić information content (AvgIpc) is 2.53. The Hall–Kier alpha value is -1.92. The SMILES string of the molecule is Cc1cccc2c(C(F)(F)F)c(OC3CCC(C(F)(F)F)CC3)ccc12. The van der Waals surface area contributed by atoms with Crippen LogP contribution in [-0.4, -0.2) is 12.3 Å². The molecule has 142 valence electrons. The van der Waals surface area contributed by atoms with E-state index >= 15 is 0 Å². The lowest BCUT2D eigenvalue weighted by atomic mass is 9.87. The summed E-state index contributed by atoms with van der Waals surface area (Å²) in [5.41, 5.74) is -0.151. The maximum atomic E-state index is 13.7. The van der Waals surface area contributed by atoms with Gasteiger partial charge in [0, 0.05) is 0 Å². The number of hydrogen-bond donors (Lipinski definition) is 0. The van der Waals surface area contributed by atoms with Crippen molar-refractivity contribution in [3.05, 3.63) is 41.5 Å². The molecular weight excluding hydrogens is 358 g/mol. The monoisotopic (exact) mass is 376 g/mol. The van der Waals surface area contributed by atoms with Crippen molar-refractivity contribution in [1.29, 1.82) is 0 Å². The molecule has 3 rings (SSSR count). The van der Waals surface area contributed by atoms with E-state index in [9.17, 15) is 26.3 Å². The molecule has 0 heterocycles. The van der Waals surface area contributed by atoms with E-state index < -0.39 is 29.9 Å². The van der Waals surface area contributed by atoms with E-state index in [-0.39, 0.29) is 36.8 Å². The van der Waals surface area contributed by atoms with Crippen molar-refractivity contribution in [1.82, 2.24) is 0 Å². The quantitative estimate of drug-likeness (QED) is 0.532. The Morgan fingerprint density at radius 1 is 0.846 bits per heavy atom. The molecule has 1 aliphatic rings. The fourth-order valence-corrected chi connectivity index (χ4v) is 3.57. The van der Waals surface area contributed by atoms with E-state index in [4.69, 9.17) is 4.74 Å². The van der Waals surface area contributed by atoms with Gasteiger partial charge in [0.05, 0.1) is 12.0 Å². The van der Waals surface area contributed by atoms with Crippen molar-refractivity contribution in [2.75, 3.05) is 0 Å². The number of halogens is 6. The predicted octanol–water partition coefficient (Wildman–Crippen LogP) is 6.67. The van der Waals surface area contributed by atoms with Crippen molar-refractivity contribution in [2.24, 2.45) is 5.92 Å². The summed E-state index contributed by atoms with van der Waals surface area (Å²) < 4.78 is 84.7. The van der Waals surface area contributed by atoms with Crippen LogP contribution in [0.1, 0.15) is 36.8 Å². The Labute approximate surface area is 146 Å². The lowest BCUT2D eigenvalue weighted by Gasteiger charge is -2.31. The lowest BCUT2D eigenvalue weighted by Crippen LogP contribution is -2.32. The van der Waals surface area contributed by atoms with E-state index in [1.807, 2.05) is 0 Å². The molecule has 0 unspecified atom stereocenters. The number of hydrogen-bond acceptors (Lipinski definition) is 1. The molecular formula is C19H18F6O. The molecule has 26 heavy (non-hydrogen) atoms. The van der Waals surface area contributed by atoms with Crippen LogP contribution in [0.25, 0.3) is 10.8 Å². The van der Waals surface area contributed by atoms with Gasteiger partial charge in [-0.15, -0.1) is 0 Å². The third-order valence-corrected chi connectivity index (χ3v) is 4.96. The van der Waals surface area contributed by atoms with Gasteiger partial charge >= 0.3 is 12.4 Å². The molecule has 0 saturated heterocycles. The van der Waals surface area contributed by atoms with Crippen LogP contribution < -0.4 is 4.74 Å². The summed E-state index contributed by atoms with van der Waals surface area (Å²) in [4.78, 5) is 0. The van der Waals surface area contributed by atoms with Crippen LogP contribution in [0.5, 0.6) is 5.75 Å². The fraction of sp³-hybridized carbons (Fsp3) is 0.474. The van der Waals surface area contributed by atoms with Crippen molar-refractivity contribution < 1.29 is 31.1 Å². The number of aryl methyl sites for hydroxylation is 1. The molecule has 2 aromatic rings. The second-order valence-electron chi connectivity index (χ2n) is 6.74. The van der Waals surface area contributed by atoms with Crippen LogP contribution in [0.2, 0.25) is 0 Å². The smallest absolute Gasteiger partial charge is 0.420 e. The topological polar surface area (TPSA) is 9.23 Å². The summed E-state index contributed by atoms with van der Waals surface area (Å²) in [6, 6.07) is 7.50. The summed E-state index contributed by atoms with van der Waals surface area (Å²) in [5, 5.41) is 0.520. The van der Waals surface area contributed by atoms with Crippen LogP contribution in [-0.2, 0) is 6.18 Å². The largest absolute Gasteiger partial charge is 0.490 e. The Morgan fingerprint density at radius 3 is 2.08 bits per heavy atom. The maximum absolute atomic E-state index is 13.7. The molecule has 1 nitrogen and oxygen atoms in total. The second kappa shape index (κ2) is 6.67. The van der Waals surface area contributed by atoms with Crippen LogP contribution in [0.3, 0.4) is 0 Å². The Morgan fingerprint density at radius 2 is 1.50 bits per heavy atom. The minimum Gasteiger partial charge on any atom is -0.490 e. The van der Waals surface area contributed by atoms with Crippen LogP contribution in [0.4, 0.5) is 26.3 Å². The molecule has 0 atom stereocenters. The molecule has 0 radical (unpaired) electrons. The zero-order valence-electron chi connectivity index (χ0n) is 14.0. The van der Waals surface area contributed by atoms with Crippen molar-refractivity contribution >= 4 is 10.8 Å². The first-order chi connectivity index (χ1) is 12.1. The summed E-state index contributed by atoms with van der Waals surface area (Å²) in [6.07, 6.45) is -9.59. The van der Waals surface area contributed by atoms with Gasteiger partial charge in [0.25, 0.3) is 0 Å². The molecule has 0 aromatic heterocycles. The van der Waals surface area contributed by atoms with Gasteiger partial charge in [-0.05, 0) is 55.0 Å². The molecule has 0 N–H and O–H groups in total. The van der Waals surface area contributed by atoms with Gasteiger partial charge in [0.2, 0.25) is 0 Å². The van der Waals surface area contributed by atoms with Gasteiger partial charge in [0.1, 0.15) is 11.3 Å². The summed E-state index contributed by atoms with van der Waals surface area (Å²) in [5.74, 6) is -1.71. The molecule has 1 fully saturated rings. The first-order valence-corrected chi connectivity index (χ1v) is 8.40. The lowest BCUT2D eigenvalue weighted by molar-refractivity contribution is -0.185. The fourth-order valence-electron chi connectivity index (χ4n) is 3.57. The highest BCUT2D eigenvalue weighted by Gasteiger charge is 2.42. The Bertz CT molecular complexity index is 785. The van der Waals surface area contributed by atoms with Crippen LogP contribution in [0, 0.1) is 12.8 Å². The number of benzene rings is 2. The molecule has 2 aromatic carbocycles. The zero-order chi connectivity index (χ0) is 19.1. The average molecular weight is 376 g/mol. The first kappa shape index (κ1) is 18.9. The van der Waals surface area contributed by atoms with E-state index in [0.29, 0.717) is 10.9 Å². The van der Waals surface area contributed by atoms with Gasteiger partial charge in [-0.2, -0.15) is 26.3 Å². The maximum Gasteiger partial charge on any atom is 0.420 e. The molecule has 7 heteroatoms. The Balaban J connectivity index is 1.89. The van der Waals surface area contributed by atoms with Crippen LogP contribution in [0.15, 0.2) is 30.3 Å². The van der Waals surface area contributed by atoms with Gasteiger partial charge < -0.3 is 4.74 Å². The predicted molar refractivity (Wildman–Crippen MR) is 86.1 cm³/mol. The molecule has 0 spiro atoms. The van der Waals surface area contributed by atoms with E-state index in [1.54, 1.807) is 25.1 Å². The third-order valence-electron chi connectivity index (χ3n) is 4.96. The number of alkyl halides is 6. The van der Waals surface area contributed by atoms with Gasteiger partial charge in [-0.25, -0.2) is 0 Å². The van der Waals surface area contributed by atoms with Gasteiger partial charge in [-0.3, -0.25) is 0 Å². The minimum atomic E-state index is -4.62. The van der Waals surface area contributed by atoms with Gasteiger partial charge in [0.15, 0.2) is 0 Å². The number of rotatable bonds is 2. The normalized spacial score (nSPS) is 21.8. The molecule has 0 bridgehead atoms. The Kier molecular flexibility index (Phi) is 4.84. The summed E-state index contributed by atoms with van der Waals surface area (Å²) in [6.45, 7) is 1.72. The molecule has 1 saturated carbocycles. The van der Waals surface area contributed by atoms with Gasteiger partial charge in [-0.1, -0.05) is 24.3 Å². The van der Waals surface area contributed by atoms with Crippen molar-refractivity contribution in [2.45, 2.75) is 51.1 Å². The summed E-state index contributed by atoms with van der Waals surface area (Å²) in [7, 11) is 0. The highest BCUT2D eigenvalue weighted by atomic mass is 19.4. The number of ether oxygens (including phenoxy) is 1. The van der Waals surface area contributed by atoms with E-state index in [0.717, 1.165) is 0 Å². The van der Waals surface area contributed by atoms with Crippen molar-refractivity contribution in [3.8, 4) is 5.75 Å². The van der Waals surface area contributed by atoms with E-state index in [2.05, 4.69) is 0 Å². The standard InChI is InChI=1S/C19H18F6O/c1-11-3-2-4-15-14(11)9-10-16(17(15)19(23,24)25)26-13-7-5-12(6-8-13)18(20,21)22/h2-4,9-10,12-13H,5-8H2,1H3. The van der Waals surface area contributed by atoms with Crippen molar-refractivity contribution in [3.63, 3.8) is 0 Å². The highest BCUT2D eigenvalue weighted by Crippen LogP contribution is 2.44. The third kappa shape index (κ3) is 3.76. The van der Waals surface area contributed by atoms with Crippen LogP contribution >= 0.6 is 0 Å². The zero-order valence-corrected chi connectivity index (χ0v) is 14.0. The first-order valence-electron chi connectivity index (χ1n) is 8.40. The summed E-state index contributed by atoms with van der Waals surface area (Å²) >= 11 is 0. The van der Waals surface area contributed by atoms with E-state index in [1.165, 1.54) is 12.1 Å². The number of fused-ring (bicyclic) bond motifs is 1. The molecule has 0 aliphatic heterocycles. The molecule has 1 aliphatic carbocycles. The molecule has 0 amide bonds. The minimum absolute atomic E-state index is 0.0407. The second-order valence-corrected chi connectivity index (χ2v) is 6.74. The highest BCUT2D eigenvalue weighted by molar-refractivity contribution is 5.90.